The van der Waals surface area contributed by atoms with Crippen molar-refractivity contribution in [1.82, 2.24) is 4.72 Å². The van der Waals surface area contributed by atoms with Gasteiger partial charge in [0.15, 0.2) is 0 Å². The summed E-state index contributed by atoms with van der Waals surface area (Å²) in [6.45, 7) is 3.30. The van der Waals surface area contributed by atoms with Gasteiger partial charge in [0.1, 0.15) is 6.04 Å². The third-order valence-electron chi connectivity index (χ3n) is 3.63. The van der Waals surface area contributed by atoms with Gasteiger partial charge in [-0.15, -0.1) is 0 Å². The molecule has 0 heterocycles. The van der Waals surface area contributed by atoms with Crippen LogP contribution in [0.2, 0.25) is 0 Å². The van der Waals surface area contributed by atoms with Crippen molar-refractivity contribution < 1.29 is 49.3 Å². The summed E-state index contributed by atoms with van der Waals surface area (Å²) in [7, 11) is -3.91. The predicted octanol–water partition coefficient (Wildman–Crippen LogP) is 1.38. The molecule has 0 fully saturated rings. The molecule has 0 bridgehead atoms. The van der Waals surface area contributed by atoms with Crippen LogP contribution in [0.25, 0.3) is 11.1 Å². The van der Waals surface area contributed by atoms with Gasteiger partial charge in [-0.2, -0.15) is 4.72 Å². The van der Waals surface area contributed by atoms with Crippen molar-refractivity contribution in [1.29, 1.82) is 0 Å². The van der Waals surface area contributed by atoms with E-state index in [4.69, 9.17) is 5.11 Å². The number of rotatable bonds is 6. The van der Waals surface area contributed by atoms with E-state index in [0.29, 0.717) is 0 Å². The summed E-state index contributed by atoms with van der Waals surface area (Å²) < 4.78 is 28.9. The first-order chi connectivity index (χ1) is 11.6. The third kappa shape index (κ3) is 5.89. The largest absolute Gasteiger partial charge is 1.00 e. The minimum Gasteiger partial charge on any atom is -1.00 e. The zero-order valence-corrected chi connectivity index (χ0v) is 20.5. The summed E-state index contributed by atoms with van der Waals surface area (Å²) in [5.74, 6) is -1.57. The van der Waals surface area contributed by atoms with Gasteiger partial charge in [0, 0.05) is 8.95 Å². The van der Waals surface area contributed by atoms with Crippen LogP contribution in [0.4, 0.5) is 0 Å². The quantitative estimate of drug-likeness (QED) is 0.570. The fraction of sp³-hybridized carbons (Fsp3) is 0.235. The molecule has 1 unspecified atom stereocenters. The molecule has 26 heavy (non-hydrogen) atoms. The van der Waals surface area contributed by atoms with Gasteiger partial charge in [0.2, 0.25) is 10.0 Å². The van der Waals surface area contributed by atoms with E-state index in [0.717, 1.165) is 20.1 Å². The summed E-state index contributed by atoms with van der Waals surface area (Å²) in [6.07, 6.45) is 0. The summed E-state index contributed by atoms with van der Waals surface area (Å²) in [6, 6.07) is 10.9. The van der Waals surface area contributed by atoms with Gasteiger partial charge in [-0.3, -0.25) is 4.79 Å². The van der Waals surface area contributed by atoms with Crippen LogP contribution < -0.4 is 34.3 Å². The Labute approximate surface area is 193 Å². The molecule has 0 saturated heterocycles. The number of nitrogens with one attached hydrogen (secondary N) is 1. The van der Waals surface area contributed by atoms with Crippen molar-refractivity contribution >= 4 is 47.9 Å². The average molecular weight is 515 g/mol. The fourth-order valence-electron chi connectivity index (χ4n) is 2.21. The van der Waals surface area contributed by atoms with E-state index in [1.165, 1.54) is 12.1 Å². The topological polar surface area (TPSA) is 83.5 Å². The molecule has 2 aromatic rings. The maximum absolute atomic E-state index is 12.4. The van der Waals surface area contributed by atoms with E-state index in [1.807, 2.05) is 18.2 Å². The van der Waals surface area contributed by atoms with Crippen LogP contribution in [0, 0.1) is 5.92 Å². The smallest absolute Gasteiger partial charge is 1.00 e. The van der Waals surface area contributed by atoms with Gasteiger partial charge in [0.25, 0.3) is 0 Å². The van der Waals surface area contributed by atoms with Gasteiger partial charge in [0.05, 0.1) is 4.90 Å². The molecule has 0 radical (unpaired) electrons. The molecule has 136 valence electrons. The number of carboxylic acid groups (broad SMARTS) is 1. The van der Waals surface area contributed by atoms with E-state index in [1.54, 1.807) is 26.0 Å². The van der Waals surface area contributed by atoms with Crippen molar-refractivity contribution in [3.8, 4) is 11.1 Å². The summed E-state index contributed by atoms with van der Waals surface area (Å²) >= 11 is 6.84. The molecule has 2 N–H and O–H groups in total. The third-order valence-corrected chi connectivity index (χ3v) is 6.97. The average Bonchev–Trinajstić information content (AvgIpc) is 2.55. The van der Waals surface area contributed by atoms with E-state index < -0.39 is 22.0 Å². The Bertz CT molecular complexity index is 892. The van der Waals surface area contributed by atoms with Crippen molar-refractivity contribution in [2.45, 2.75) is 24.8 Å². The molecule has 0 spiro atoms. The molecule has 0 aliphatic rings. The van der Waals surface area contributed by atoms with Gasteiger partial charge in [-0.1, -0.05) is 32.0 Å². The van der Waals surface area contributed by atoms with E-state index in [2.05, 4.69) is 36.6 Å². The van der Waals surface area contributed by atoms with Crippen LogP contribution in [-0.4, -0.2) is 25.5 Å². The second-order valence-electron chi connectivity index (χ2n) is 5.83. The monoisotopic (exact) mass is 513 g/mol. The van der Waals surface area contributed by atoms with Gasteiger partial charge >= 0.3 is 35.5 Å². The number of halogens is 2. The van der Waals surface area contributed by atoms with Crippen molar-refractivity contribution in [2.24, 2.45) is 5.92 Å². The molecule has 9 heteroatoms. The molecule has 0 aromatic heterocycles. The normalized spacial score (nSPS) is 12.5. The standard InChI is InChI=1S/C17H17Br2NO4S.Na.H/c1-10(2)16(17(21)22)20-25(23,24)13-6-3-11(4-7-13)12-5-8-14(18)15(19)9-12;;/h3-10,16,20H,1-2H3,(H,21,22);;/q;+1;-1. The van der Waals surface area contributed by atoms with Crippen LogP contribution in [0.5, 0.6) is 0 Å². The number of sulfonamides is 1. The van der Waals surface area contributed by atoms with Crippen LogP contribution in [0.15, 0.2) is 56.3 Å². The van der Waals surface area contributed by atoms with Crippen molar-refractivity contribution in [3.63, 3.8) is 0 Å². The van der Waals surface area contributed by atoms with Crippen molar-refractivity contribution in [3.05, 3.63) is 51.4 Å². The molecule has 2 rings (SSSR count). The summed E-state index contributed by atoms with van der Waals surface area (Å²) in [4.78, 5) is 11.2. The Morgan fingerprint density at radius 1 is 1.04 bits per heavy atom. The molecule has 0 aliphatic carbocycles. The fourth-order valence-corrected chi connectivity index (χ4v) is 4.17. The summed E-state index contributed by atoms with van der Waals surface area (Å²) in [5.41, 5.74) is 1.78. The summed E-state index contributed by atoms with van der Waals surface area (Å²) in [5, 5.41) is 9.16. The number of carboxylic acids is 1. The van der Waals surface area contributed by atoms with E-state index >= 15 is 0 Å². The number of benzene rings is 2. The molecule has 0 saturated carbocycles. The molecule has 1 atom stereocenters. The molecule has 5 nitrogen and oxygen atoms in total. The number of aliphatic carboxylic acids is 1. The molecule has 0 aliphatic heterocycles. The van der Waals surface area contributed by atoms with Crippen molar-refractivity contribution in [2.75, 3.05) is 0 Å². The Hall–Kier alpha value is -0.220. The second kappa shape index (κ2) is 9.82. The van der Waals surface area contributed by atoms with Crippen LogP contribution in [0.3, 0.4) is 0 Å². The Kier molecular flexibility index (Phi) is 8.99. The maximum Gasteiger partial charge on any atom is 1.00 e. The van der Waals surface area contributed by atoms with Crippen LogP contribution in [0.1, 0.15) is 15.3 Å². The van der Waals surface area contributed by atoms with Crippen LogP contribution >= 0.6 is 31.9 Å². The number of hydrogen-bond donors (Lipinski definition) is 2. The first-order valence-corrected chi connectivity index (χ1v) is 10.5. The predicted molar refractivity (Wildman–Crippen MR) is 105 cm³/mol. The van der Waals surface area contributed by atoms with Gasteiger partial charge in [-0.05, 0) is 73.2 Å². The number of carbonyl (C=O) groups is 1. The minimum absolute atomic E-state index is 0. The molecular formula is C17H18Br2NNaO4S. The van der Waals surface area contributed by atoms with Crippen LogP contribution in [-0.2, 0) is 14.8 Å². The van der Waals surface area contributed by atoms with E-state index in [9.17, 15) is 13.2 Å². The SMILES string of the molecule is CC(C)C(NS(=O)(=O)c1ccc(-c2ccc(Br)c(Br)c2)cc1)C(=O)O.[H-].[Na+]. The first kappa shape index (κ1) is 23.8. The zero-order chi connectivity index (χ0) is 18.8. The molecule has 0 amide bonds. The zero-order valence-electron chi connectivity index (χ0n) is 15.5. The Morgan fingerprint density at radius 2 is 1.58 bits per heavy atom. The van der Waals surface area contributed by atoms with E-state index in [-0.39, 0.29) is 41.8 Å². The molecular weight excluding hydrogens is 497 g/mol. The Morgan fingerprint density at radius 3 is 2.04 bits per heavy atom. The maximum atomic E-state index is 12.4. The van der Waals surface area contributed by atoms with Gasteiger partial charge in [-0.25, -0.2) is 8.42 Å². The minimum atomic E-state index is -3.91. The molecule has 2 aromatic carbocycles. The van der Waals surface area contributed by atoms with Gasteiger partial charge < -0.3 is 6.53 Å². The number of hydrogen-bond acceptors (Lipinski definition) is 3. The first-order valence-electron chi connectivity index (χ1n) is 7.42. The Balaban J connectivity index is 0.00000338. The second-order valence-corrected chi connectivity index (χ2v) is 9.26.